The van der Waals surface area contributed by atoms with Crippen molar-refractivity contribution in [2.24, 2.45) is 28.6 Å². The molecule has 5 N–H and O–H groups in total. The first-order chi connectivity index (χ1) is 24.6. The molecule has 0 aliphatic heterocycles. The normalized spacial score (nSPS) is 31.0. The molecule has 0 bridgehead atoms. The number of benzene rings is 3. The van der Waals surface area contributed by atoms with Crippen molar-refractivity contribution in [1.29, 1.82) is 5.41 Å². The fourth-order valence-corrected chi connectivity index (χ4v) is 10.4. The lowest BCUT2D eigenvalue weighted by atomic mass is 9.45. The number of nitrogens with one attached hydrogen (secondary N) is 4. The summed E-state index contributed by atoms with van der Waals surface area (Å²) in [6.07, 6.45) is 7.45. The number of ether oxygens (including phenoxy) is 1. The Morgan fingerprint density at radius 2 is 1.63 bits per heavy atom. The van der Waals surface area contributed by atoms with Crippen molar-refractivity contribution in [1.82, 2.24) is 10.6 Å². The van der Waals surface area contributed by atoms with E-state index in [1.165, 1.54) is 11.8 Å². The highest BCUT2D eigenvalue weighted by Gasteiger charge is 2.69. The van der Waals surface area contributed by atoms with Crippen LogP contribution in [0.4, 0.5) is 5.69 Å². The molecular formula is C43H50N4O4. The number of aliphatic hydroxyl groups excluding tert-OH is 1. The minimum Gasteiger partial charge on any atom is -0.393 e. The van der Waals surface area contributed by atoms with Crippen LogP contribution in [0.2, 0.25) is 0 Å². The molecule has 4 aliphatic rings. The van der Waals surface area contributed by atoms with Crippen LogP contribution in [0.25, 0.3) is 0 Å². The predicted octanol–water partition coefficient (Wildman–Crippen LogP) is 7.18. The molecule has 0 radical (unpaired) electrons. The van der Waals surface area contributed by atoms with E-state index in [4.69, 9.17) is 10.1 Å². The topological polar surface area (TPSA) is 124 Å². The number of carbonyl (C=O) groups excluding carboxylic acids is 2. The molecule has 3 saturated carbocycles. The van der Waals surface area contributed by atoms with E-state index < -0.39 is 17.1 Å². The third-order valence-electron chi connectivity index (χ3n) is 12.9. The van der Waals surface area contributed by atoms with Crippen LogP contribution in [0.5, 0.6) is 0 Å². The summed E-state index contributed by atoms with van der Waals surface area (Å²) >= 11 is 0. The molecule has 7 rings (SSSR count). The molecule has 51 heavy (non-hydrogen) atoms. The standard InChI is InChI=1S/C43H50N4O4/c1-41-23-31(25-44)36(47-33-16-10-15-30(21-33)39(49)45-26-28-11-6-4-7-12-28)22-32(41)17-18-34-35-19-20-43(51-3,42(35,2)24-37(48)38(34)41)40(50)46-27-29-13-8-5-9-14-29/h4-16,21-22,25,34-35,37-38,44,47-48H,17-20,23-24,26-27H2,1-3H3,(H,45,49)(H,46,50)/t34?,35?,37?,38?,41?,42?,43-/m0/s1. The predicted molar refractivity (Wildman–Crippen MR) is 200 cm³/mol. The SMILES string of the molecule is CO[C@]1(C(=O)NCc2ccccc2)CCC2C3CCC4=CC(Nc5cccc(C(=O)NCc6ccccc6)c5)=C(C=N)CC4(C)C3C(O)CC21C. The summed E-state index contributed by atoms with van der Waals surface area (Å²) in [5.41, 5.74) is 4.60. The van der Waals surface area contributed by atoms with Crippen LogP contribution in [-0.4, -0.2) is 42.0 Å². The number of aliphatic hydroxyl groups is 1. The maximum Gasteiger partial charge on any atom is 0.253 e. The summed E-state index contributed by atoms with van der Waals surface area (Å²) < 4.78 is 6.24. The van der Waals surface area contributed by atoms with Crippen molar-refractivity contribution in [2.45, 2.75) is 77.2 Å². The molecule has 7 atom stereocenters. The van der Waals surface area contributed by atoms with Gasteiger partial charge in [-0.1, -0.05) is 86.2 Å². The van der Waals surface area contributed by atoms with Gasteiger partial charge in [0.1, 0.15) is 0 Å². The van der Waals surface area contributed by atoms with Gasteiger partial charge in [0.25, 0.3) is 11.8 Å². The lowest BCUT2D eigenvalue weighted by molar-refractivity contribution is -0.188. The maximum atomic E-state index is 14.0. The minimum absolute atomic E-state index is 0.00347. The fourth-order valence-electron chi connectivity index (χ4n) is 10.4. The Bertz CT molecular complexity index is 1860. The largest absolute Gasteiger partial charge is 0.393 e. The van der Waals surface area contributed by atoms with Gasteiger partial charge >= 0.3 is 0 Å². The molecule has 8 heteroatoms. The zero-order valence-electron chi connectivity index (χ0n) is 29.9. The molecule has 8 nitrogen and oxygen atoms in total. The summed E-state index contributed by atoms with van der Waals surface area (Å²) in [4.78, 5) is 27.0. The smallest absolute Gasteiger partial charge is 0.253 e. The molecule has 6 unspecified atom stereocenters. The van der Waals surface area contributed by atoms with E-state index in [-0.39, 0.29) is 35.0 Å². The van der Waals surface area contributed by atoms with Crippen LogP contribution in [0.1, 0.15) is 73.9 Å². The van der Waals surface area contributed by atoms with E-state index in [1.807, 2.05) is 84.9 Å². The number of hydrogen-bond acceptors (Lipinski definition) is 6. The maximum absolute atomic E-state index is 14.0. The van der Waals surface area contributed by atoms with Gasteiger partial charge in [0.15, 0.2) is 5.60 Å². The third kappa shape index (κ3) is 6.12. The van der Waals surface area contributed by atoms with Crippen LogP contribution in [0.15, 0.2) is 108 Å². The first-order valence-electron chi connectivity index (χ1n) is 18.3. The van der Waals surface area contributed by atoms with Crippen LogP contribution >= 0.6 is 0 Å². The summed E-state index contributed by atoms with van der Waals surface area (Å²) in [5.74, 6) is 0.228. The summed E-state index contributed by atoms with van der Waals surface area (Å²) in [6, 6.07) is 27.2. The lowest BCUT2D eigenvalue weighted by Crippen LogP contribution is -2.63. The molecule has 0 aromatic heterocycles. The van der Waals surface area contributed by atoms with Crippen LogP contribution in [-0.2, 0) is 22.6 Å². The number of methoxy groups -OCH3 is 1. The van der Waals surface area contributed by atoms with Crippen molar-refractivity contribution in [3.05, 3.63) is 125 Å². The van der Waals surface area contributed by atoms with Crippen molar-refractivity contribution in [2.75, 3.05) is 12.4 Å². The number of amides is 2. The molecule has 3 aromatic carbocycles. The number of carbonyl (C=O) groups is 2. The quantitative estimate of drug-likeness (QED) is 0.145. The van der Waals surface area contributed by atoms with Gasteiger partial charge in [-0.25, -0.2) is 0 Å². The third-order valence-corrected chi connectivity index (χ3v) is 12.9. The Labute approximate surface area is 301 Å². The van der Waals surface area contributed by atoms with E-state index in [1.54, 1.807) is 7.11 Å². The van der Waals surface area contributed by atoms with Gasteiger partial charge in [0.05, 0.1) is 6.10 Å². The molecule has 0 heterocycles. The number of fused-ring (bicyclic) bond motifs is 5. The average Bonchev–Trinajstić information content (AvgIpc) is 3.45. The van der Waals surface area contributed by atoms with Crippen LogP contribution in [0.3, 0.4) is 0 Å². The van der Waals surface area contributed by atoms with E-state index in [0.29, 0.717) is 37.9 Å². The second-order valence-corrected chi connectivity index (χ2v) is 15.5. The molecule has 0 saturated heterocycles. The average molecular weight is 687 g/mol. The number of rotatable bonds is 10. The highest BCUT2D eigenvalue weighted by molar-refractivity contribution is 5.95. The Hall–Kier alpha value is -4.53. The molecule has 2 amide bonds. The summed E-state index contributed by atoms with van der Waals surface area (Å²) in [5, 5.41) is 30.3. The van der Waals surface area contributed by atoms with E-state index >= 15 is 0 Å². The van der Waals surface area contributed by atoms with Gasteiger partial charge in [0.2, 0.25) is 0 Å². The highest BCUT2D eigenvalue weighted by atomic mass is 16.5. The highest BCUT2D eigenvalue weighted by Crippen LogP contribution is 2.68. The summed E-state index contributed by atoms with van der Waals surface area (Å²) in [7, 11) is 1.65. The molecule has 3 aromatic rings. The Balaban J connectivity index is 1.08. The zero-order valence-corrected chi connectivity index (χ0v) is 29.9. The van der Waals surface area contributed by atoms with E-state index in [9.17, 15) is 14.7 Å². The Kier molecular flexibility index (Phi) is 9.50. The van der Waals surface area contributed by atoms with Gasteiger partial charge in [-0.2, -0.15) is 0 Å². The zero-order chi connectivity index (χ0) is 35.8. The molecule has 266 valence electrons. The summed E-state index contributed by atoms with van der Waals surface area (Å²) in [6.45, 7) is 5.33. The monoisotopic (exact) mass is 686 g/mol. The minimum atomic E-state index is -1.01. The lowest BCUT2D eigenvalue weighted by Gasteiger charge is -2.61. The van der Waals surface area contributed by atoms with Gasteiger partial charge < -0.3 is 31.2 Å². The fraction of sp³-hybridized carbons (Fsp3) is 0.419. The van der Waals surface area contributed by atoms with Crippen LogP contribution in [0, 0.1) is 34.0 Å². The molecular weight excluding hydrogens is 636 g/mol. The van der Waals surface area contributed by atoms with E-state index in [0.717, 1.165) is 47.3 Å². The number of allylic oxidation sites excluding steroid dienone is 3. The van der Waals surface area contributed by atoms with Crippen molar-refractivity contribution in [3.8, 4) is 0 Å². The molecule has 3 fully saturated rings. The molecule has 4 aliphatic carbocycles. The van der Waals surface area contributed by atoms with Crippen LogP contribution < -0.4 is 16.0 Å². The molecule has 0 spiro atoms. The Morgan fingerprint density at radius 1 is 0.941 bits per heavy atom. The van der Waals surface area contributed by atoms with Gasteiger partial charge in [0, 0.05) is 48.8 Å². The first-order valence-corrected chi connectivity index (χ1v) is 18.3. The van der Waals surface area contributed by atoms with Crippen molar-refractivity contribution < 1.29 is 19.4 Å². The van der Waals surface area contributed by atoms with Crippen molar-refractivity contribution >= 4 is 23.7 Å². The van der Waals surface area contributed by atoms with E-state index in [2.05, 4.69) is 35.9 Å². The number of anilines is 1. The second kappa shape index (κ2) is 13.9. The van der Waals surface area contributed by atoms with Gasteiger partial charge in [-0.05, 0) is 103 Å². The second-order valence-electron chi connectivity index (χ2n) is 15.5. The van der Waals surface area contributed by atoms with Crippen molar-refractivity contribution in [3.63, 3.8) is 0 Å². The first kappa shape index (κ1) is 34.9. The van der Waals surface area contributed by atoms with Gasteiger partial charge in [-0.15, -0.1) is 0 Å². The Morgan fingerprint density at radius 3 is 2.29 bits per heavy atom. The van der Waals surface area contributed by atoms with Gasteiger partial charge in [-0.3, -0.25) is 9.59 Å². The number of hydrogen-bond donors (Lipinski definition) is 5.